The second-order valence-corrected chi connectivity index (χ2v) is 5.30. The first kappa shape index (κ1) is 15.0. The molecule has 1 rings (SSSR count). The molecule has 0 aromatic heterocycles. The lowest BCUT2D eigenvalue weighted by Gasteiger charge is -2.16. The summed E-state index contributed by atoms with van der Waals surface area (Å²) in [5.74, 6) is 0. The van der Waals surface area contributed by atoms with Crippen LogP contribution in [0, 0.1) is 0 Å². The minimum absolute atomic E-state index is 0.168. The Morgan fingerprint density at radius 2 is 1.44 bits per heavy atom. The molecule has 1 saturated heterocycles. The van der Waals surface area contributed by atoms with E-state index >= 15 is 0 Å². The van der Waals surface area contributed by atoms with Gasteiger partial charge in [-0.2, -0.15) is 0 Å². The van der Waals surface area contributed by atoms with E-state index in [1.165, 1.54) is 4.70 Å². The lowest BCUT2D eigenvalue weighted by molar-refractivity contribution is -0.599. The molecule has 0 radical (unpaired) electrons. The van der Waals surface area contributed by atoms with Crippen LogP contribution in [0.15, 0.2) is 0 Å². The molecule has 0 amide bonds. The normalized spacial score (nSPS) is 22.8. The molecule has 102 valence electrons. The zero-order valence-electron chi connectivity index (χ0n) is 10.3. The van der Waals surface area contributed by atoms with Crippen LogP contribution in [-0.4, -0.2) is 40.1 Å². The monoisotopic (exact) mass is 288 g/mol. The van der Waals surface area contributed by atoms with Gasteiger partial charge < -0.3 is 32.3 Å². The Morgan fingerprint density at radius 3 is 1.78 bits per heavy atom. The Kier molecular flexibility index (Phi) is 6.20. The van der Waals surface area contributed by atoms with Crippen molar-refractivity contribution < 1.29 is 4.70 Å². The van der Waals surface area contributed by atoms with E-state index in [9.17, 15) is 5.53 Å². The Morgan fingerprint density at radius 1 is 1.06 bits per heavy atom. The summed E-state index contributed by atoms with van der Waals surface area (Å²) in [6.45, 7) is 1.38. The summed E-state index contributed by atoms with van der Waals surface area (Å²) in [6, 6.07) is 0.336. The quantitative estimate of drug-likeness (QED) is 0.405. The highest BCUT2D eigenvalue weighted by Crippen LogP contribution is 2.23. The van der Waals surface area contributed by atoms with Gasteiger partial charge in [0, 0.05) is 38.8 Å². The van der Waals surface area contributed by atoms with Gasteiger partial charge in [0.15, 0.2) is 10.2 Å². The molecule has 8 heteroatoms. The number of hydrogen-bond acceptors (Lipinski definition) is 2. The summed E-state index contributed by atoms with van der Waals surface area (Å²) >= 11 is 9.46. The van der Waals surface area contributed by atoms with Crippen molar-refractivity contribution in [3.8, 4) is 0 Å². The summed E-state index contributed by atoms with van der Waals surface area (Å²) in [5, 5.41) is 6.38. The molecule has 6 nitrogen and oxygen atoms in total. The van der Waals surface area contributed by atoms with E-state index in [2.05, 4.69) is 10.6 Å². The van der Waals surface area contributed by atoms with Gasteiger partial charge >= 0.3 is 0 Å². The van der Waals surface area contributed by atoms with Gasteiger partial charge in [-0.25, -0.2) is 0 Å². The van der Waals surface area contributed by atoms with E-state index in [0.717, 1.165) is 25.7 Å². The molecular weight excluding hydrogens is 268 g/mol. The van der Waals surface area contributed by atoms with Crippen LogP contribution in [0.4, 0.5) is 0 Å². The molecule has 1 heterocycles. The summed E-state index contributed by atoms with van der Waals surface area (Å²) in [7, 11) is 0. The average molecular weight is 288 g/mol. The second-order valence-electron chi connectivity index (χ2n) is 4.42. The number of nitrogens with one attached hydrogen (secondary N) is 2. The predicted molar refractivity (Wildman–Crippen MR) is 79.2 cm³/mol. The van der Waals surface area contributed by atoms with Crippen LogP contribution >= 0.6 is 24.4 Å². The van der Waals surface area contributed by atoms with Crippen molar-refractivity contribution in [2.24, 2.45) is 11.5 Å². The highest BCUT2D eigenvalue weighted by Gasteiger charge is 2.32. The number of nitrogens with two attached hydrogens (primary N) is 2. The van der Waals surface area contributed by atoms with Crippen LogP contribution in [0.1, 0.15) is 25.7 Å². The first-order valence-corrected chi connectivity index (χ1v) is 6.86. The molecule has 18 heavy (non-hydrogen) atoms. The molecule has 2 atom stereocenters. The second kappa shape index (κ2) is 7.42. The Bertz CT molecular complexity index is 302. The lowest BCUT2D eigenvalue weighted by Crippen LogP contribution is -2.35. The third kappa shape index (κ3) is 5.09. The molecule has 0 aliphatic carbocycles. The van der Waals surface area contributed by atoms with Gasteiger partial charge in [0.25, 0.3) is 0 Å². The molecule has 1 aliphatic heterocycles. The van der Waals surface area contributed by atoms with Crippen LogP contribution < -0.4 is 22.1 Å². The minimum atomic E-state index is 0.168. The fraction of sp³-hybridized carbons (Fsp3) is 0.800. The molecule has 1 aliphatic rings. The van der Waals surface area contributed by atoms with Crippen molar-refractivity contribution in [2.75, 3.05) is 13.1 Å². The van der Waals surface area contributed by atoms with E-state index in [1.54, 1.807) is 0 Å². The molecule has 1 fully saturated rings. The van der Waals surface area contributed by atoms with Crippen molar-refractivity contribution in [1.29, 1.82) is 0 Å². The first-order chi connectivity index (χ1) is 8.50. The van der Waals surface area contributed by atoms with Crippen molar-refractivity contribution in [3.63, 3.8) is 0 Å². The highest BCUT2D eigenvalue weighted by atomic mass is 32.1. The van der Waals surface area contributed by atoms with Crippen LogP contribution in [0.2, 0.25) is 0 Å². The average Bonchev–Trinajstić information content (AvgIpc) is 2.60. The molecule has 2 unspecified atom stereocenters. The van der Waals surface area contributed by atoms with Crippen LogP contribution in [0.3, 0.4) is 0 Å². The molecule has 0 saturated carbocycles. The summed E-state index contributed by atoms with van der Waals surface area (Å²) in [4.78, 5) is 0. The van der Waals surface area contributed by atoms with Gasteiger partial charge in [-0.3, -0.25) is 0 Å². The van der Waals surface area contributed by atoms with Crippen LogP contribution in [0.25, 0.3) is 5.53 Å². The molecule has 0 aromatic carbocycles. The predicted octanol–water partition coefficient (Wildman–Crippen LogP) is -0.00190. The maximum absolute atomic E-state index is 10.0. The number of rotatable bonds is 6. The zero-order chi connectivity index (χ0) is 13.5. The largest absolute Gasteiger partial charge is 0.506 e. The van der Waals surface area contributed by atoms with E-state index in [0.29, 0.717) is 23.3 Å². The van der Waals surface area contributed by atoms with Crippen LogP contribution in [-0.2, 0) is 0 Å². The van der Waals surface area contributed by atoms with Gasteiger partial charge in [0.05, 0.1) is 0 Å². The first-order valence-electron chi connectivity index (χ1n) is 6.04. The van der Waals surface area contributed by atoms with Crippen molar-refractivity contribution in [2.45, 2.75) is 37.8 Å². The molecular formula is C10H20N6S2. The molecule has 0 aromatic rings. The van der Waals surface area contributed by atoms with E-state index in [4.69, 9.17) is 35.9 Å². The van der Waals surface area contributed by atoms with Crippen molar-refractivity contribution in [3.05, 3.63) is 5.53 Å². The molecule has 0 bridgehead atoms. The number of hydrogen-bond donors (Lipinski definition) is 4. The van der Waals surface area contributed by atoms with E-state index < -0.39 is 0 Å². The highest BCUT2D eigenvalue weighted by molar-refractivity contribution is 7.80. The van der Waals surface area contributed by atoms with Crippen molar-refractivity contribution in [1.82, 2.24) is 10.6 Å². The van der Waals surface area contributed by atoms with Gasteiger partial charge in [0.1, 0.15) is 12.1 Å². The van der Waals surface area contributed by atoms with E-state index in [-0.39, 0.29) is 12.1 Å². The Balaban J connectivity index is 2.24. The molecule has 6 N–H and O–H groups in total. The lowest BCUT2D eigenvalue weighted by atomic mass is 10.1. The third-order valence-corrected chi connectivity index (χ3v) is 3.42. The number of nitrogens with zero attached hydrogens (tertiary/aromatic N) is 2. The third-order valence-electron chi connectivity index (χ3n) is 3.13. The summed E-state index contributed by atoms with van der Waals surface area (Å²) < 4.78 is 1.45. The van der Waals surface area contributed by atoms with E-state index in [1.807, 2.05) is 0 Å². The van der Waals surface area contributed by atoms with Gasteiger partial charge in [-0.15, -0.1) is 0 Å². The standard InChI is InChI=1S/C10H20N6S2/c11-9(17)14-5-3-7-1-2-8(16(7)13)4-6-15-10(12)18/h7-8H,1-6H2,(H3,11,14,17)(H3,12,15,18). The maximum atomic E-state index is 10.0. The fourth-order valence-electron chi connectivity index (χ4n) is 2.22. The SMILES string of the molecule is [N-]=[N+]1C(CCNC(N)=S)CCC1CCNC(N)=S. The topological polar surface area (TPSA) is 101 Å². The van der Waals surface area contributed by atoms with Crippen LogP contribution in [0.5, 0.6) is 0 Å². The Labute approximate surface area is 118 Å². The Hall–Kier alpha value is -1.02. The zero-order valence-corrected chi connectivity index (χ0v) is 11.9. The number of thiocarbonyl (C=S) groups is 2. The molecule has 0 spiro atoms. The maximum Gasteiger partial charge on any atom is 0.163 e. The smallest absolute Gasteiger partial charge is 0.163 e. The van der Waals surface area contributed by atoms with Gasteiger partial charge in [0.2, 0.25) is 0 Å². The van der Waals surface area contributed by atoms with Gasteiger partial charge in [-0.05, 0) is 24.4 Å². The van der Waals surface area contributed by atoms with Gasteiger partial charge in [-0.1, -0.05) is 0 Å². The minimum Gasteiger partial charge on any atom is -0.506 e. The summed E-state index contributed by atoms with van der Waals surface area (Å²) in [5.41, 5.74) is 20.7. The summed E-state index contributed by atoms with van der Waals surface area (Å²) in [6.07, 6.45) is 3.61. The fourth-order valence-corrected chi connectivity index (χ4v) is 2.43. The van der Waals surface area contributed by atoms with Crippen molar-refractivity contribution >= 4 is 34.7 Å².